The van der Waals surface area contributed by atoms with Gasteiger partial charge >= 0.3 is 6.03 Å². The molecule has 1 atom stereocenters. The summed E-state index contributed by atoms with van der Waals surface area (Å²) in [6.07, 6.45) is 0. The highest BCUT2D eigenvalue weighted by atomic mass is 79.9. The van der Waals surface area contributed by atoms with E-state index in [4.69, 9.17) is 4.74 Å². The smallest absolute Gasteiger partial charge is 0.325 e. The predicted octanol–water partition coefficient (Wildman–Crippen LogP) is 3.60. The molecule has 6 heteroatoms. The minimum absolute atomic E-state index is 0.197. The Balaban J connectivity index is 1.70. The highest BCUT2D eigenvalue weighted by Crippen LogP contribution is 2.30. The molecule has 0 spiro atoms. The lowest BCUT2D eigenvalue weighted by Gasteiger charge is -2.22. The maximum Gasteiger partial charge on any atom is 0.325 e. The van der Waals surface area contributed by atoms with E-state index < -0.39 is 11.6 Å². The van der Waals surface area contributed by atoms with E-state index in [1.54, 1.807) is 6.92 Å². The highest BCUT2D eigenvalue weighted by Gasteiger charge is 2.48. The Labute approximate surface area is 155 Å². The van der Waals surface area contributed by atoms with Gasteiger partial charge in [-0.25, -0.2) is 4.79 Å². The molecular formula is C19H19BrN2O3. The summed E-state index contributed by atoms with van der Waals surface area (Å²) in [6, 6.07) is 14.6. The number of aryl methyl sites for hydroxylation is 1. The summed E-state index contributed by atoms with van der Waals surface area (Å²) in [5, 5.41) is 2.79. The Morgan fingerprint density at radius 1 is 1.16 bits per heavy atom. The van der Waals surface area contributed by atoms with Crippen molar-refractivity contribution in [1.82, 2.24) is 10.2 Å². The Hall–Kier alpha value is -2.34. The van der Waals surface area contributed by atoms with Crippen LogP contribution in [0, 0.1) is 6.92 Å². The molecule has 1 aliphatic heterocycles. The molecule has 5 nitrogen and oxygen atoms in total. The third kappa shape index (κ3) is 3.39. The van der Waals surface area contributed by atoms with Crippen molar-refractivity contribution in [3.05, 3.63) is 64.1 Å². The molecule has 1 heterocycles. The van der Waals surface area contributed by atoms with Gasteiger partial charge in [0.15, 0.2) is 0 Å². The number of rotatable bonds is 5. The summed E-state index contributed by atoms with van der Waals surface area (Å²) in [5.41, 5.74) is 0.685. The second-order valence-corrected chi connectivity index (χ2v) is 7.05. The second-order valence-electron chi connectivity index (χ2n) is 6.14. The number of amides is 3. The van der Waals surface area contributed by atoms with Crippen LogP contribution in [0.25, 0.3) is 0 Å². The van der Waals surface area contributed by atoms with Crippen molar-refractivity contribution in [3.8, 4) is 5.75 Å². The number of urea groups is 1. The molecule has 0 aromatic heterocycles. The van der Waals surface area contributed by atoms with Gasteiger partial charge in [-0.1, -0.05) is 46.3 Å². The summed E-state index contributed by atoms with van der Waals surface area (Å²) >= 11 is 3.40. The van der Waals surface area contributed by atoms with Crippen LogP contribution in [-0.4, -0.2) is 30.0 Å². The topological polar surface area (TPSA) is 58.6 Å². The minimum atomic E-state index is -1.07. The summed E-state index contributed by atoms with van der Waals surface area (Å²) in [4.78, 5) is 26.3. The van der Waals surface area contributed by atoms with Crippen molar-refractivity contribution in [2.45, 2.75) is 19.4 Å². The van der Waals surface area contributed by atoms with Crippen LogP contribution in [0.1, 0.15) is 18.1 Å². The van der Waals surface area contributed by atoms with Crippen LogP contribution in [0.4, 0.5) is 4.79 Å². The zero-order chi connectivity index (χ0) is 18.0. The standard InChI is InChI=1S/C19H19BrN2O3/c1-13-6-3-4-9-16(13)25-11-10-22-17(23)19(2,21-18(22)24)14-7-5-8-15(20)12-14/h3-9,12H,10-11H2,1-2H3,(H,21,24). The SMILES string of the molecule is Cc1ccccc1OCCN1C(=O)NC(C)(c2cccc(Br)c2)C1=O. The Bertz CT molecular complexity index is 824. The van der Waals surface area contributed by atoms with E-state index in [0.717, 1.165) is 21.3 Å². The fourth-order valence-corrected chi connectivity index (χ4v) is 3.26. The second kappa shape index (κ2) is 6.88. The lowest BCUT2D eigenvalue weighted by atomic mass is 9.92. The molecule has 25 heavy (non-hydrogen) atoms. The van der Waals surface area contributed by atoms with Crippen molar-refractivity contribution in [2.24, 2.45) is 0 Å². The number of para-hydroxylation sites is 1. The third-order valence-corrected chi connectivity index (χ3v) is 4.84. The number of halogens is 1. The van der Waals surface area contributed by atoms with Crippen molar-refractivity contribution in [3.63, 3.8) is 0 Å². The molecule has 1 unspecified atom stereocenters. The van der Waals surface area contributed by atoms with Gasteiger partial charge in [0.25, 0.3) is 5.91 Å². The van der Waals surface area contributed by atoms with E-state index in [1.165, 1.54) is 4.90 Å². The van der Waals surface area contributed by atoms with Gasteiger partial charge in [0.05, 0.1) is 6.54 Å². The maximum absolute atomic E-state index is 12.8. The minimum Gasteiger partial charge on any atom is -0.491 e. The number of carbonyl (C=O) groups excluding carboxylic acids is 2. The van der Waals surface area contributed by atoms with E-state index in [2.05, 4.69) is 21.2 Å². The van der Waals surface area contributed by atoms with E-state index >= 15 is 0 Å². The first-order valence-electron chi connectivity index (χ1n) is 8.00. The first kappa shape index (κ1) is 17.5. The molecule has 0 radical (unpaired) electrons. The van der Waals surface area contributed by atoms with Crippen molar-refractivity contribution < 1.29 is 14.3 Å². The number of ether oxygens (including phenoxy) is 1. The van der Waals surface area contributed by atoms with Crippen LogP contribution in [0.3, 0.4) is 0 Å². The molecule has 0 saturated carbocycles. The van der Waals surface area contributed by atoms with Gasteiger partial charge < -0.3 is 10.1 Å². The number of benzene rings is 2. The number of carbonyl (C=O) groups is 2. The van der Waals surface area contributed by atoms with Gasteiger partial charge in [-0.3, -0.25) is 9.69 Å². The molecular weight excluding hydrogens is 384 g/mol. The van der Waals surface area contributed by atoms with Crippen LogP contribution in [0.2, 0.25) is 0 Å². The molecule has 130 valence electrons. The summed E-state index contributed by atoms with van der Waals surface area (Å²) < 4.78 is 6.56. The Kier molecular flexibility index (Phi) is 4.81. The lowest BCUT2D eigenvalue weighted by Crippen LogP contribution is -2.41. The average molecular weight is 403 g/mol. The zero-order valence-corrected chi connectivity index (χ0v) is 15.7. The van der Waals surface area contributed by atoms with E-state index in [-0.39, 0.29) is 19.1 Å². The zero-order valence-electron chi connectivity index (χ0n) is 14.1. The van der Waals surface area contributed by atoms with Crippen LogP contribution in [0.5, 0.6) is 5.75 Å². The monoisotopic (exact) mass is 402 g/mol. The van der Waals surface area contributed by atoms with Crippen LogP contribution in [0.15, 0.2) is 53.0 Å². The van der Waals surface area contributed by atoms with Crippen LogP contribution >= 0.6 is 15.9 Å². The fraction of sp³-hybridized carbons (Fsp3) is 0.263. The number of hydrogen-bond acceptors (Lipinski definition) is 3. The van der Waals surface area contributed by atoms with Crippen LogP contribution < -0.4 is 10.1 Å². The van der Waals surface area contributed by atoms with E-state index in [9.17, 15) is 9.59 Å². The fourth-order valence-electron chi connectivity index (χ4n) is 2.86. The van der Waals surface area contributed by atoms with Gasteiger partial charge in [0.2, 0.25) is 0 Å². The maximum atomic E-state index is 12.8. The lowest BCUT2D eigenvalue weighted by molar-refractivity contribution is -0.131. The molecule has 1 saturated heterocycles. The summed E-state index contributed by atoms with van der Waals surface area (Å²) in [7, 11) is 0. The van der Waals surface area contributed by atoms with Crippen molar-refractivity contribution in [2.75, 3.05) is 13.2 Å². The molecule has 1 fully saturated rings. The number of imide groups is 1. The molecule has 2 aromatic rings. The third-order valence-electron chi connectivity index (χ3n) is 4.34. The van der Waals surface area contributed by atoms with Gasteiger partial charge in [-0.05, 0) is 43.2 Å². The van der Waals surface area contributed by atoms with Gasteiger partial charge in [-0.2, -0.15) is 0 Å². The highest BCUT2D eigenvalue weighted by molar-refractivity contribution is 9.10. The molecule has 1 aliphatic rings. The van der Waals surface area contributed by atoms with Crippen molar-refractivity contribution in [1.29, 1.82) is 0 Å². The molecule has 3 rings (SSSR count). The largest absolute Gasteiger partial charge is 0.491 e. The normalized spacial score (nSPS) is 19.9. The average Bonchev–Trinajstić information content (AvgIpc) is 2.80. The van der Waals surface area contributed by atoms with E-state index in [1.807, 2.05) is 55.5 Å². The quantitative estimate of drug-likeness (QED) is 0.777. The van der Waals surface area contributed by atoms with Gasteiger partial charge in [0, 0.05) is 4.47 Å². The summed E-state index contributed by atoms with van der Waals surface area (Å²) in [6.45, 7) is 4.12. The number of hydrogen-bond donors (Lipinski definition) is 1. The van der Waals surface area contributed by atoms with E-state index in [0.29, 0.717) is 0 Å². The molecule has 0 bridgehead atoms. The Morgan fingerprint density at radius 3 is 2.64 bits per heavy atom. The Morgan fingerprint density at radius 2 is 1.92 bits per heavy atom. The first-order valence-corrected chi connectivity index (χ1v) is 8.80. The molecule has 0 aliphatic carbocycles. The number of nitrogens with one attached hydrogen (secondary N) is 1. The van der Waals surface area contributed by atoms with Gasteiger partial charge in [0.1, 0.15) is 17.9 Å². The van der Waals surface area contributed by atoms with Crippen LogP contribution in [-0.2, 0) is 10.3 Å². The first-order chi connectivity index (χ1) is 11.9. The van der Waals surface area contributed by atoms with Crippen molar-refractivity contribution >= 4 is 27.9 Å². The summed E-state index contributed by atoms with van der Waals surface area (Å²) in [5.74, 6) is 0.480. The predicted molar refractivity (Wildman–Crippen MR) is 98.4 cm³/mol. The molecule has 1 N–H and O–H groups in total. The number of nitrogens with zero attached hydrogens (tertiary/aromatic N) is 1. The molecule has 3 amide bonds. The van der Waals surface area contributed by atoms with Gasteiger partial charge in [-0.15, -0.1) is 0 Å². The molecule has 2 aromatic carbocycles.